The van der Waals surface area contributed by atoms with Gasteiger partial charge in [-0.15, -0.1) is 0 Å². The Bertz CT molecular complexity index is 502. The average molecular weight is 396 g/mol. The van der Waals surface area contributed by atoms with Gasteiger partial charge in [0.15, 0.2) is 0 Å². The Balaban J connectivity index is 0.000000892. The molecule has 28 heavy (non-hydrogen) atoms. The summed E-state index contributed by atoms with van der Waals surface area (Å²) in [6.45, 7) is 8.96. The molecule has 0 saturated carbocycles. The molecule has 2 amide bonds. The van der Waals surface area contributed by atoms with E-state index in [1.807, 2.05) is 16.8 Å². The number of hydrogen-bond acceptors (Lipinski definition) is 5. The standard InChI is InChI=1S/C18H30N2O4.C3H7N/c1-15-8-12-20(13-9-15)17(22)6-7-18(23)24-14-4-11-19-10-3-2-5-16(19)21;1-3-4-2/h15H,2-14H2,1H3;3-4H,1H2,2H3. The molecular formula is C21H37N3O4. The molecule has 0 unspecified atom stereocenters. The first-order chi connectivity index (χ1) is 13.5. The van der Waals surface area contributed by atoms with E-state index in [1.165, 1.54) is 0 Å². The summed E-state index contributed by atoms with van der Waals surface area (Å²) in [6, 6.07) is 0. The monoisotopic (exact) mass is 395 g/mol. The fourth-order valence-corrected chi connectivity index (χ4v) is 3.24. The minimum Gasteiger partial charge on any atom is -0.466 e. The minimum atomic E-state index is -0.321. The molecule has 2 fully saturated rings. The number of hydrogen-bond donors (Lipinski definition) is 1. The van der Waals surface area contributed by atoms with Crippen molar-refractivity contribution in [3.8, 4) is 0 Å². The van der Waals surface area contributed by atoms with Gasteiger partial charge in [-0.3, -0.25) is 14.4 Å². The molecule has 0 aromatic carbocycles. The van der Waals surface area contributed by atoms with Gasteiger partial charge in [-0.25, -0.2) is 0 Å². The van der Waals surface area contributed by atoms with Crippen molar-refractivity contribution in [1.82, 2.24) is 15.1 Å². The van der Waals surface area contributed by atoms with Crippen LogP contribution in [-0.4, -0.2) is 67.4 Å². The van der Waals surface area contributed by atoms with Crippen LogP contribution in [0.3, 0.4) is 0 Å². The lowest BCUT2D eigenvalue weighted by Gasteiger charge is -2.30. The number of likely N-dealkylation sites (tertiary alicyclic amines) is 2. The van der Waals surface area contributed by atoms with E-state index in [9.17, 15) is 14.4 Å². The van der Waals surface area contributed by atoms with Crippen molar-refractivity contribution in [2.45, 2.75) is 58.3 Å². The number of piperidine rings is 2. The van der Waals surface area contributed by atoms with Crippen molar-refractivity contribution in [1.29, 1.82) is 0 Å². The molecule has 2 rings (SSSR count). The van der Waals surface area contributed by atoms with Gasteiger partial charge in [0.2, 0.25) is 11.8 Å². The maximum absolute atomic E-state index is 12.1. The maximum atomic E-state index is 12.1. The minimum absolute atomic E-state index is 0.0535. The Morgan fingerprint density at radius 2 is 1.89 bits per heavy atom. The number of ether oxygens (including phenoxy) is 1. The van der Waals surface area contributed by atoms with Crippen LogP contribution in [0, 0.1) is 5.92 Å². The second-order valence-corrected chi connectivity index (χ2v) is 7.47. The van der Waals surface area contributed by atoms with E-state index in [0.29, 0.717) is 31.9 Å². The predicted octanol–water partition coefficient (Wildman–Crippen LogP) is 2.32. The second-order valence-electron chi connectivity index (χ2n) is 7.47. The quantitative estimate of drug-likeness (QED) is 0.504. The van der Waals surface area contributed by atoms with E-state index in [4.69, 9.17) is 4.74 Å². The largest absolute Gasteiger partial charge is 0.466 e. The molecule has 0 aromatic rings. The Hall–Kier alpha value is -2.05. The van der Waals surface area contributed by atoms with Gasteiger partial charge in [0.25, 0.3) is 0 Å². The van der Waals surface area contributed by atoms with Crippen molar-refractivity contribution in [3.05, 3.63) is 12.8 Å². The van der Waals surface area contributed by atoms with Crippen LogP contribution in [0.15, 0.2) is 12.8 Å². The van der Waals surface area contributed by atoms with Crippen LogP contribution in [-0.2, 0) is 19.1 Å². The topological polar surface area (TPSA) is 79.0 Å². The van der Waals surface area contributed by atoms with Crippen LogP contribution in [0.2, 0.25) is 0 Å². The van der Waals surface area contributed by atoms with Gasteiger partial charge in [0, 0.05) is 46.1 Å². The van der Waals surface area contributed by atoms with E-state index in [1.54, 1.807) is 6.20 Å². The molecule has 2 aliphatic heterocycles. The zero-order valence-electron chi connectivity index (χ0n) is 17.6. The van der Waals surface area contributed by atoms with E-state index >= 15 is 0 Å². The summed E-state index contributed by atoms with van der Waals surface area (Å²) in [4.78, 5) is 39.1. The Morgan fingerprint density at radius 3 is 2.50 bits per heavy atom. The Labute approximate surface area is 169 Å². The van der Waals surface area contributed by atoms with Crippen molar-refractivity contribution in [3.63, 3.8) is 0 Å². The summed E-state index contributed by atoms with van der Waals surface area (Å²) in [7, 11) is 1.81. The fourth-order valence-electron chi connectivity index (χ4n) is 3.24. The summed E-state index contributed by atoms with van der Waals surface area (Å²) in [5.41, 5.74) is 0. The van der Waals surface area contributed by atoms with Crippen molar-refractivity contribution >= 4 is 17.8 Å². The highest BCUT2D eigenvalue weighted by Gasteiger charge is 2.21. The summed E-state index contributed by atoms with van der Waals surface area (Å²) in [6.07, 6.45) is 7.44. The molecule has 7 heteroatoms. The van der Waals surface area contributed by atoms with Crippen LogP contribution in [0.25, 0.3) is 0 Å². The van der Waals surface area contributed by atoms with Gasteiger partial charge in [-0.1, -0.05) is 13.5 Å². The summed E-state index contributed by atoms with van der Waals surface area (Å²) >= 11 is 0. The van der Waals surface area contributed by atoms with Crippen LogP contribution in [0.5, 0.6) is 0 Å². The maximum Gasteiger partial charge on any atom is 0.306 e. The molecule has 1 N–H and O–H groups in total. The van der Waals surface area contributed by atoms with Crippen molar-refractivity contribution in [2.75, 3.05) is 39.8 Å². The SMILES string of the molecule is C=CNC.CC1CCN(C(=O)CCC(=O)OCCCN2CCCCC2=O)CC1. The molecule has 2 aliphatic rings. The van der Waals surface area contributed by atoms with Gasteiger partial charge in [0.1, 0.15) is 0 Å². The van der Waals surface area contributed by atoms with Crippen LogP contribution >= 0.6 is 0 Å². The number of carbonyl (C=O) groups is 3. The molecule has 2 heterocycles. The predicted molar refractivity (Wildman–Crippen MR) is 109 cm³/mol. The van der Waals surface area contributed by atoms with Gasteiger partial charge in [0.05, 0.1) is 13.0 Å². The first-order valence-corrected chi connectivity index (χ1v) is 10.5. The van der Waals surface area contributed by atoms with Crippen molar-refractivity contribution < 1.29 is 19.1 Å². The van der Waals surface area contributed by atoms with E-state index in [0.717, 1.165) is 45.3 Å². The highest BCUT2D eigenvalue weighted by atomic mass is 16.5. The van der Waals surface area contributed by atoms with E-state index in [2.05, 4.69) is 18.8 Å². The molecule has 0 aliphatic carbocycles. The molecule has 0 radical (unpaired) electrons. The Kier molecular flexibility index (Phi) is 12.0. The number of esters is 1. The number of rotatable bonds is 8. The van der Waals surface area contributed by atoms with Gasteiger partial charge in [-0.05, 0) is 44.2 Å². The zero-order chi connectivity index (χ0) is 20.8. The number of carbonyl (C=O) groups excluding carboxylic acids is 3. The molecule has 0 bridgehead atoms. The first kappa shape index (κ1) is 24.0. The highest BCUT2D eigenvalue weighted by Crippen LogP contribution is 2.17. The third kappa shape index (κ3) is 9.76. The summed E-state index contributed by atoms with van der Waals surface area (Å²) in [5, 5.41) is 2.69. The number of amides is 2. The first-order valence-electron chi connectivity index (χ1n) is 10.5. The summed E-state index contributed by atoms with van der Waals surface area (Å²) in [5.74, 6) is 0.622. The molecule has 7 nitrogen and oxygen atoms in total. The molecular weight excluding hydrogens is 358 g/mol. The summed E-state index contributed by atoms with van der Waals surface area (Å²) < 4.78 is 5.18. The van der Waals surface area contributed by atoms with Gasteiger partial charge < -0.3 is 19.9 Å². The van der Waals surface area contributed by atoms with Gasteiger partial charge >= 0.3 is 5.97 Å². The number of nitrogens with zero attached hydrogens (tertiary/aromatic N) is 2. The molecule has 160 valence electrons. The van der Waals surface area contributed by atoms with Crippen LogP contribution in [0.4, 0.5) is 0 Å². The molecule has 0 spiro atoms. The molecule has 0 atom stereocenters. The second kappa shape index (κ2) is 14.0. The van der Waals surface area contributed by atoms with E-state index < -0.39 is 0 Å². The molecule has 0 aromatic heterocycles. The lowest BCUT2D eigenvalue weighted by molar-refractivity contribution is -0.146. The Morgan fingerprint density at radius 1 is 1.21 bits per heavy atom. The lowest BCUT2D eigenvalue weighted by Crippen LogP contribution is -2.38. The smallest absolute Gasteiger partial charge is 0.306 e. The normalized spacial score (nSPS) is 17.4. The van der Waals surface area contributed by atoms with E-state index in [-0.39, 0.29) is 30.6 Å². The molecule has 2 saturated heterocycles. The fraction of sp³-hybridized carbons (Fsp3) is 0.762. The van der Waals surface area contributed by atoms with Gasteiger partial charge in [-0.2, -0.15) is 0 Å². The third-order valence-electron chi connectivity index (χ3n) is 5.14. The van der Waals surface area contributed by atoms with Crippen LogP contribution in [0.1, 0.15) is 58.3 Å². The number of nitrogens with one attached hydrogen (secondary N) is 1. The highest BCUT2D eigenvalue weighted by molar-refractivity contribution is 5.81. The lowest BCUT2D eigenvalue weighted by atomic mass is 9.99. The van der Waals surface area contributed by atoms with Crippen LogP contribution < -0.4 is 5.32 Å². The zero-order valence-corrected chi connectivity index (χ0v) is 17.6. The average Bonchev–Trinajstić information content (AvgIpc) is 2.71. The third-order valence-corrected chi connectivity index (χ3v) is 5.14. The van der Waals surface area contributed by atoms with Crippen molar-refractivity contribution in [2.24, 2.45) is 5.92 Å².